The van der Waals surface area contributed by atoms with Gasteiger partial charge in [-0.05, 0) is 42.8 Å². The Morgan fingerprint density at radius 3 is 2.39 bits per heavy atom. The first-order valence-electron chi connectivity index (χ1n) is 11.3. The number of benzene rings is 3. The van der Waals surface area contributed by atoms with Gasteiger partial charge in [0.25, 0.3) is 11.6 Å². The predicted octanol–water partition coefficient (Wildman–Crippen LogP) is 4.32. The molecule has 188 valence electrons. The molecule has 0 aromatic heterocycles. The zero-order valence-electron chi connectivity index (χ0n) is 19.6. The molecule has 0 bridgehead atoms. The summed E-state index contributed by atoms with van der Waals surface area (Å²) in [6.07, 6.45) is 0. The van der Waals surface area contributed by atoms with E-state index >= 15 is 0 Å². The van der Waals surface area contributed by atoms with Crippen molar-refractivity contribution in [3.8, 4) is 0 Å². The van der Waals surface area contributed by atoms with Crippen LogP contribution in [0.25, 0.3) is 0 Å². The van der Waals surface area contributed by atoms with Crippen LogP contribution in [0.5, 0.6) is 0 Å². The van der Waals surface area contributed by atoms with Gasteiger partial charge < -0.3 is 5.32 Å². The maximum Gasteiger partial charge on any atom is 0.271 e. The standard InChI is InChI=1S/C25H25ClN4O5S/c1-18-5-8-22(9-6-18)36(34,35)29-13-11-28(12-14-29)17-19-3-2-4-20(15-19)25(31)27-24-16-21(30(32)33)7-10-23(24)26/h2-10,15-16H,11-14,17H2,1H3,(H,27,31). The van der Waals surface area contributed by atoms with E-state index in [1.807, 2.05) is 13.0 Å². The second kappa shape index (κ2) is 10.8. The molecule has 1 amide bonds. The first-order valence-corrected chi connectivity index (χ1v) is 13.1. The molecule has 0 unspecified atom stereocenters. The molecule has 1 aliphatic heterocycles. The summed E-state index contributed by atoms with van der Waals surface area (Å²) in [6, 6.07) is 17.8. The van der Waals surface area contributed by atoms with Crippen molar-refractivity contribution >= 4 is 38.9 Å². The van der Waals surface area contributed by atoms with Crippen LogP contribution in [-0.4, -0.2) is 54.6 Å². The van der Waals surface area contributed by atoms with E-state index in [-0.39, 0.29) is 16.4 Å². The fraction of sp³-hybridized carbons (Fsp3) is 0.240. The van der Waals surface area contributed by atoms with Crippen LogP contribution in [0.3, 0.4) is 0 Å². The lowest BCUT2D eigenvalue weighted by Gasteiger charge is -2.34. The molecule has 1 fully saturated rings. The summed E-state index contributed by atoms with van der Waals surface area (Å²) in [4.78, 5) is 25.7. The number of rotatable bonds is 7. The lowest BCUT2D eigenvalue weighted by Crippen LogP contribution is -2.48. The molecule has 1 saturated heterocycles. The quantitative estimate of drug-likeness (QED) is 0.361. The van der Waals surface area contributed by atoms with E-state index in [9.17, 15) is 23.3 Å². The third kappa shape index (κ3) is 5.90. The maximum atomic E-state index is 12.9. The van der Waals surface area contributed by atoms with Crippen LogP contribution < -0.4 is 5.32 Å². The summed E-state index contributed by atoms with van der Waals surface area (Å²) in [5.41, 5.74) is 2.26. The summed E-state index contributed by atoms with van der Waals surface area (Å²) >= 11 is 6.09. The summed E-state index contributed by atoms with van der Waals surface area (Å²) in [6.45, 7) is 4.34. The highest BCUT2D eigenvalue weighted by atomic mass is 35.5. The number of carbonyl (C=O) groups is 1. The van der Waals surface area contributed by atoms with E-state index in [0.717, 1.165) is 11.1 Å². The Kier molecular flexibility index (Phi) is 7.70. The van der Waals surface area contributed by atoms with Crippen molar-refractivity contribution in [2.45, 2.75) is 18.4 Å². The van der Waals surface area contributed by atoms with Gasteiger partial charge in [-0.3, -0.25) is 19.8 Å². The monoisotopic (exact) mass is 528 g/mol. The minimum Gasteiger partial charge on any atom is -0.320 e. The van der Waals surface area contributed by atoms with Gasteiger partial charge in [-0.15, -0.1) is 0 Å². The van der Waals surface area contributed by atoms with Crippen molar-refractivity contribution < 1.29 is 18.1 Å². The van der Waals surface area contributed by atoms with Crippen molar-refractivity contribution in [3.63, 3.8) is 0 Å². The first-order chi connectivity index (χ1) is 17.1. The molecule has 11 heteroatoms. The Morgan fingerprint density at radius 2 is 1.72 bits per heavy atom. The van der Waals surface area contributed by atoms with Gasteiger partial charge in [0.1, 0.15) is 0 Å². The highest BCUT2D eigenvalue weighted by molar-refractivity contribution is 7.89. The normalized spacial score (nSPS) is 14.9. The van der Waals surface area contributed by atoms with Gasteiger partial charge in [-0.2, -0.15) is 4.31 Å². The molecular weight excluding hydrogens is 504 g/mol. The average molecular weight is 529 g/mol. The molecule has 0 radical (unpaired) electrons. The van der Waals surface area contributed by atoms with Gasteiger partial charge >= 0.3 is 0 Å². The molecule has 36 heavy (non-hydrogen) atoms. The number of hydrogen-bond donors (Lipinski definition) is 1. The Bertz CT molecular complexity index is 1390. The van der Waals surface area contributed by atoms with Crippen molar-refractivity contribution in [1.82, 2.24) is 9.21 Å². The van der Waals surface area contributed by atoms with Crippen LogP contribution in [-0.2, 0) is 16.6 Å². The summed E-state index contributed by atoms with van der Waals surface area (Å²) in [7, 11) is -3.53. The fourth-order valence-electron chi connectivity index (χ4n) is 3.97. The molecule has 9 nitrogen and oxygen atoms in total. The average Bonchev–Trinajstić information content (AvgIpc) is 2.86. The van der Waals surface area contributed by atoms with E-state index in [0.29, 0.717) is 43.2 Å². The molecule has 0 saturated carbocycles. The Labute approximate surface area is 214 Å². The Balaban J connectivity index is 1.38. The van der Waals surface area contributed by atoms with Crippen LogP contribution in [0.15, 0.2) is 71.6 Å². The van der Waals surface area contributed by atoms with E-state index in [1.165, 1.54) is 22.5 Å². The fourth-order valence-corrected chi connectivity index (χ4v) is 5.56. The van der Waals surface area contributed by atoms with Gasteiger partial charge in [0.2, 0.25) is 10.0 Å². The number of sulfonamides is 1. The van der Waals surface area contributed by atoms with Crippen LogP contribution in [0, 0.1) is 17.0 Å². The van der Waals surface area contributed by atoms with E-state index in [2.05, 4.69) is 10.2 Å². The zero-order chi connectivity index (χ0) is 25.9. The number of halogens is 1. The van der Waals surface area contributed by atoms with Gasteiger partial charge in [0, 0.05) is 50.4 Å². The second-order valence-corrected chi connectivity index (χ2v) is 10.9. The van der Waals surface area contributed by atoms with E-state index < -0.39 is 20.9 Å². The summed E-state index contributed by atoms with van der Waals surface area (Å²) in [5, 5.41) is 13.9. The number of piperazine rings is 1. The van der Waals surface area contributed by atoms with E-state index in [1.54, 1.807) is 42.5 Å². The molecule has 1 aliphatic rings. The van der Waals surface area contributed by atoms with Crippen molar-refractivity contribution in [3.05, 3.63) is 98.6 Å². The highest BCUT2D eigenvalue weighted by Crippen LogP contribution is 2.27. The number of nitro benzene ring substituents is 1. The van der Waals surface area contributed by atoms with Crippen molar-refractivity contribution in [2.75, 3.05) is 31.5 Å². The van der Waals surface area contributed by atoms with Gasteiger partial charge in [-0.25, -0.2) is 8.42 Å². The molecular formula is C25H25ClN4O5S. The zero-order valence-corrected chi connectivity index (χ0v) is 21.1. The largest absolute Gasteiger partial charge is 0.320 e. The molecule has 3 aromatic rings. The first kappa shape index (κ1) is 25.8. The lowest BCUT2D eigenvalue weighted by molar-refractivity contribution is -0.384. The smallest absolute Gasteiger partial charge is 0.271 e. The lowest BCUT2D eigenvalue weighted by atomic mass is 10.1. The van der Waals surface area contributed by atoms with Crippen LogP contribution in [0.4, 0.5) is 11.4 Å². The van der Waals surface area contributed by atoms with Gasteiger partial charge in [0.15, 0.2) is 0 Å². The predicted molar refractivity (Wildman–Crippen MR) is 138 cm³/mol. The van der Waals surface area contributed by atoms with Crippen molar-refractivity contribution in [2.24, 2.45) is 0 Å². The number of non-ortho nitro benzene ring substituents is 1. The van der Waals surface area contributed by atoms with E-state index in [4.69, 9.17) is 11.6 Å². The molecule has 0 spiro atoms. The van der Waals surface area contributed by atoms with Crippen LogP contribution >= 0.6 is 11.6 Å². The Hall–Kier alpha value is -3.31. The number of anilines is 1. The number of nitrogens with one attached hydrogen (secondary N) is 1. The highest BCUT2D eigenvalue weighted by Gasteiger charge is 2.28. The number of hydrogen-bond acceptors (Lipinski definition) is 6. The number of nitrogens with zero attached hydrogens (tertiary/aromatic N) is 3. The third-order valence-corrected chi connectivity index (χ3v) is 8.24. The minimum atomic E-state index is -3.53. The molecule has 4 rings (SSSR count). The topological polar surface area (TPSA) is 113 Å². The third-order valence-electron chi connectivity index (χ3n) is 5.99. The Morgan fingerprint density at radius 1 is 1.03 bits per heavy atom. The minimum absolute atomic E-state index is 0.159. The summed E-state index contributed by atoms with van der Waals surface area (Å²) in [5.74, 6) is -0.437. The summed E-state index contributed by atoms with van der Waals surface area (Å²) < 4.78 is 27.4. The van der Waals surface area contributed by atoms with Crippen LogP contribution in [0.2, 0.25) is 5.02 Å². The number of carbonyl (C=O) groups excluding carboxylic acids is 1. The molecule has 3 aromatic carbocycles. The number of aryl methyl sites for hydroxylation is 1. The number of amides is 1. The second-order valence-electron chi connectivity index (χ2n) is 8.57. The molecule has 0 aliphatic carbocycles. The van der Waals surface area contributed by atoms with Crippen LogP contribution in [0.1, 0.15) is 21.5 Å². The van der Waals surface area contributed by atoms with Gasteiger partial charge in [0.05, 0.1) is 20.5 Å². The maximum absolute atomic E-state index is 12.9. The molecule has 1 N–H and O–H groups in total. The SMILES string of the molecule is Cc1ccc(S(=O)(=O)N2CCN(Cc3cccc(C(=O)Nc4cc([N+](=O)[O-])ccc4Cl)c3)CC2)cc1. The van der Waals surface area contributed by atoms with Gasteiger partial charge in [-0.1, -0.05) is 41.4 Å². The van der Waals surface area contributed by atoms with Crippen molar-refractivity contribution in [1.29, 1.82) is 0 Å². The molecule has 0 atom stereocenters. The molecule has 1 heterocycles. The number of nitro groups is 1.